The van der Waals surface area contributed by atoms with Crippen LogP contribution in [0, 0.1) is 0 Å². The third-order valence-electron chi connectivity index (χ3n) is 10.9. The molecule has 264 valence electrons. The molecule has 0 atom stereocenters. The van der Waals surface area contributed by atoms with Crippen molar-refractivity contribution in [2.45, 2.75) is 12.8 Å². The van der Waals surface area contributed by atoms with Crippen LogP contribution in [0.25, 0.3) is 101 Å². The van der Waals surface area contributed by atoms with Gasteiger partial charge in [-0.05, 0) is 65.4 Å². The van der Waals surface area contributed by atoms with Gasteiger partial charge in [0.1, 0.15) is 5.58 Å². The summed E-state index contributed by atoms with van der Waals surface area (Å²) >= 11 is 0. The van der Waals surface area contributed by atoms with Gasteiger partial charge in [-0.1, -0.05) is 152 Å². The molecule has 10 aromatic rings. The quantitative estimate of drug-likeness (QED) is 0.172. The van der Waals surface area contributed by atoms with E-state index >= 15 is 0 Å². The van der Waals surface area contributed by atoms with Gasteiger partial charge in [-0.15, -0.1) is 0 Å². The number of fused-ring (bicyclic) bond motifs is 6. The molecule has 1 aliphatic carbocycles. The standard InChI is InChI=1S/C51H34N4O/c1-3-15-33(16-4-1)35-19-11-21-37(31-35)49-52-50(38-22-12-20-36(32-38)34-17-5-2-6-18-34)54-51(53-49)42-26-14-30-46-47(42)41-25-13-29-45(48(41)56-46)55-43-27-9-7-23-39(43)40-24-8-10-28-44(40)55/h1-9,11-27,29-32H,10,28H2. The van der Waals surface area contributed by atoms with Crippen molar-refractivity contribution in [1.82, 2.24) is 19.5 Å². The highest BCUT2D eigenvalue weighted by Crippen LogP contribution is 2.42. The summed E-state index contributed by atoms with van der Waals surface area (Å²) in [6.07, 6.45) is 6.53. The lowest BCUT2D eigenvalue weighted by atomic mass is 10.0. The second-order valence-corrected chi connectivity index (χ2v) is 14.3. The molecule has 0 aliphatic heterocycles. The second-order valence-electron chi connectivity index (χ2n) is 14.3. The molecule has 0 saturated heterocycles. The number of hydrogen-bond donors (Lipinski definition) is 0. The van der Waals surface area contributed by atoms with Crippen molar-refractivity contribution in [2.75, 3.05) is 0 Å². The summed E-state index contributed by atoms with van der Waals surface area (Å²) in [5, 5.41) is 3.26. The molecule has 11 rings (SSSR count). The molecule has 1 aliphatic rings. The summed E-state index contributed by atoms with van der Waals surface area (Å²) < 4.78 is 9.26. The van der Waals surface area contributed by atoms with E-state index in [1.165, 1.54) is 22.2 Å². The van der Waals surface area contributed by atoms with Crippen molar-refractivity contribution < 1.29 is 4.42 Å². The van der Waals surface area contributed by atoms with Gasteiger partial charge in [0.25, 0.3) is 0 Å². The van der Waals surface area contributed by atoms with Gasteiger partial charge >= 0.3 is 0 Å². The Hall–Kier alpha value is -7.37. The van der Waals surface area contributed by atoms with Crippen molar-refractivity contribution in [3.05, 3.63) is 187 Å². The zero-order valence-corrected chi connectivity index (χ0v) is 30.4. The molecular formula is C51H34N4O. The van der Waals surface area contributed by atoms with Gasteiger partial charge in [0.2, 0.25) is 0 Å². The van der Waals surface area contributed by atoms with Crippen LogP contribution in [0.2, 0.25) is 0 Å². The van der Waals surface area contributed by atoms with E-state index in [1.807, 2.05) is 24.3 Å². The number of rotatable bonds is 6. The van der Waals surface area contributed by atoms with E-state index in [4.69, 9.17) is 19.4 Å². The SMILES string of the molecule is C1=Cc2c(n(-c3cccc4c3oc3cccc(-c5nc(-c6cccc(-c7ccccc7)c6)nc(-c6cccc(-c7ccccc7)c6)n5)c34)c3ccccc23)CC1. The van der Waals surface area contributed by atoms with Gasteiger partial charge in [0.15, 0.2) is 23.1 Å². The minimum absolute atomic E-state index is 0.591. The molecular weight excluding hydrogens is 685 g/mol. The van der Waals surface area contributed by atoms with E-state index in [9.17, 15) is 0 Å². The third kappa shape index (κ3) is 5.36. The van der Waals surface area contributed by atoms with Crippen molar-refractivity contribution in [2.24, 2.45) is 0 Å². The van der Waals surface area contributed by atoms with Crippen LogP contribution < -0.4 is 0 Å². The molecule has 3 aromatic heterocycles. The highest BCUT2D eigenvalue weighted by Gasteiger charge is 2.23. The molecule has 7 aromatic carbocycles. The van der Waals surface area contributed by atoms with E-state index in [1.54, 1.807) is 0 Å². The summed E-state index contributed by atoms with van der Waals surface area (Å²) in [5.41, 5.74) is 13.6. The maximum absolute atomic E-state index is 6.86. The number of hydrogen-bond acceptors (Lipinski definition) is 4. The van der Waals surface area contributed by atoms with Crippen LogP contribution in [-0.4, -0.2) is 19.5 Å². The van der Waals surface area contributed by atoms with E-state index < -0.39 is 0 Å². The lowest BCUT2D eigenvalue weighted by Crippen LogP contribution is -2.03. The van der Waals surface area contributed by atoms with E-state index in [-0.39, 0.29) is 0 Å². The van der Waals surface area contributed by atoms with Gasteiger partial charge < -0.3 is 8.98 Å². The first-order valence-electron chi connectivity index (χ1n) is 19.1. The molecule has 0 fully saturated rings. The lowest BCUT2D eigenvalue weighted by molar-refractivity contribution is 0.665. The predicted octanol–water partition coefficient (Wildman–Crippen LogP) is 13.0. The molecule has 5 nitrogen and oxygen atoms in total. The number of benzene rings is 7. The Bertz CT molecular complexity index is 3040. The molecule has 56 heavy (non-hydrogen) atoms. The molecule has 3 heterocycles. The molecule has 5 heteroatoms. The molecule has 0 bridgehead atoms. The number of aromatic nitrogens is 4. The smallest absolute Gasteiger partial charge is 0.164 e. The summed E-state index contributed by atoms with van der Waals surface area (Å²) in [6.45, 7) is 0. The Balaban J connectivity index is 1.13. The van der Waals surface area contributed by atoms with Crippen LogP contribution in [0.3, 0.4) is 0 Å². The van der Waals surface area contributed by atoms with Crippen LogP contribution >= 0.6 is 0 Å². The van der Waals surface area contributed by atoms with Crippen molar-refractivity contribution in [3.8, 4) is 62.1 Å². The van der Waals surface area contributed by atoms with Crippen molar-refractivity contribution in [1.29, 1.82) is 0 Å². The fraction of sp³-hybridized carbons (Fsp3) is 0.0392. The average molecular weight is 719 g/mol. The number of para-hydroxylation sites is 2. The maximum Gasteiger partial charge on any atom is 0.164 e. The Kier molecular flexibility index (Phi) is 7.56. The summed E-state index contributed by atoms with van der Waals surface area (Å²) in [4.78, 5) is 15.7. The van der Waals surface area contributed by atoms with Gasteiger partial charge in [-0.25, -0.2) is 15.0 Å². The third-order valence-corrected chi connectivity index (χ3v) is 10.9. The van der Waals surface area contributed by atoms with Crippen LogP contribution in [0.15, 0.2) is 180 Å². The summed E-state index contributed by atoms with van der Waals surface area (Å²) in [6, 6.07) is 59.0. The zero-order valence-electron chi connectivity index (χ0n) is 30.4. The molecule has 0 amide bonds. The highest BCUT2D eigenvalue weighted by atomic mass is 16.3. The van der Waals surface area contributed by atoms with Gasteiger partial charge in [0.05, 0.1) is 11.2 Å². The molecule has 0 N–H and O–H groups in total. The number of allylic oxidation sites excluding steroid dienone is 1. The van der Waals surface area contributed by atoms with Gasteiger partial charge in [-0.2, -0.15) is 0 Å². The van der Waals surface area contributed by atoms with Gasteiger partial charge in [-0.3, -0.25) is 0 Å². The Morgan fingerprint density at radius 2 is 1.05 bits per heavy atom. The Morgan fingerprint density at radius 3 is 1.77 bits per heavy atom. The largest absolute Gasteiger partial charge is 0.454 e. The second kappa shape index (κ2) is 13.2. The Morgan fingerprint density at radius 1 is 0.482 bits per heavy atom. The Labute approximate surface area is 323 Å². The minimum atomic E-state index is 0.591. The lowest BCUT2D eigenvalue weighted by Gasteiger charge is -2.13. The van der Waals surface area contributed by atoms with E-state index in [0.717, 1.165) is 79.4 Å². The van der Waals surface area contributed by atoms with Crippen molar-refractivity contribution >= 4 is 38.9 Å². The van der Waals surface area contributed by atoms with E-state index in [0.29, 0.717) is 17.5 Å². The summed E-state index contributed by atoms with van der Waals surface area (Å²) in [7, 11) is 0. The normalized spacial score (nSPS) is 12.4. The highest BCUT2D eigenvalue weighted by molar-refractivity contribution is 6.14. The van der Waals surface area contributed by atoms with Crippen LogP contribution in [0.4, 0.5) is 0 Å². The molecule has 0 spiro atoms. The molecule has 0 saturated carbocycles. The zero-order chi connectivity index (χ0) is 37.0. The molecule has 0 unspecified atom stereocenters. The van der Waals surface area contributed by atoms with Crippen molar-refractivity contribution in [3.63, 3.8) is 0 Å². The first-order valence-corrected chi connectivity index (χ1v) is 19.1. The average Bonchev–Trinajstić information content (AvgIpc) is 3.83. The van der Waals surface area contributed by atoms with Crippen LogP contribution in [-0.2, 0) is 6.42 Å². The first kappa shape index (κ1) is 32.1. The monoisotopic (exact) mass is 718 g/mol. The number of nitrogens with zero attached hydrogens (tertiary/aromatic N) is 4. The molecule has 0 radical (unpaired) electrons. The first-order chi connectivity index (χ1) is 27.8. The predicted molar refractivity (Wildman–Crippen MR) is 228 cm³/mol. The maximum atomic E-state index is 6.86. The summed E-state index contributed by atoms with van der Waals surface area (Å²) in [5.74, 6) is 1.81. The number of furan rings is 1. The minimum Gasteiger partial charge on any atom is -0.454 e. The topological polar surface area (TPSA) is 56.7 Å². The van der Waals surface area contributed by atoms with Crippen LogP contribution in [0.1, 0.15) is 17.7 Å². The van der Waals surface area contributed by atoms with Gasteiger partial charge in [0, 0.05) is 44.1 Å². The fourth-order valence-electron chi connectivity index (χ4n) is 8.33. The van der Waals surface area contributed by atoms with Crippen LogP contribution in [0.5, 0.6) is 0 Å². The fourth-order valence-corrected chi connectivity index (χ4v) is 8.33. The van der Waals surface area contributed by atoms with E-state index in [2.05, 4.69) is 162 Å².